The molecule has 0 spiro atoms. The summed E-state index contributed by atoms with van der Waals surface area (Å²) in [6.07, 6.45) is 0. The zero-order chi connectivity index (χ0) is 12.8. The van der Waals surface area contributed by atoms with Crippen LogP contribution >= 0.6 is 11.6 Å². The Morgan fingerprint density at radius 1 is 1.53 bits per heavy atom. The van der Waals surface area contributed by atoms with E-state index in [9.17, 15) is 4.79 Å². The molecular formula is C12H12ClNO3. The van der Waals surface area contributed by atoms with Gasteiger partial charge in [0.2, 0.25) is 0 Å². The minimum atomic E-state index is -0.521. The third-order valence-corrected chi connectivity index (χ3v) is 2.43. The second-order valence-corrected chi connectivity index (χ2v) is 3.45. The van der Waals surface area contributed by atoms with Crippen molar-refractivity contribution in [1.29, 1.82) is 5.26 Å². The smallest absolute Gasteiger partial charge is 0.341 e. The highest BCUT2D eigenvalue weighted by molar-refractivity contribution is 6.17. The number of nitrogens with zero attached hydrogens (tertiary/aromatic N) is 1. The first-order chi connectivity index (χ1) is 8.17. The number of hydrogen-bond donors (Lipinski definition) is 0. The van der Waals surface area contributed by atoms with E-state index in [0.717, 1.165) is 0 Å². The summed E-state index contributed by atoms with van der Waals surface area (Å²) in [6.45, 7) is 1.97. The molecule has 0 unspecified atom stereocenters. The lowest BCUT2D eigenvalue weighted by molar-refractivity contribution is 0.0522. The number of methoxy groups -OCH3 is 1. The van der Waals surface area contributed by atoms with Crippen LogP contribution in [0.2, 0.25) is 0 Å². The Bertz CT molecular complexity index is 466. The van der Waals surface area contributed by atoms with E-state index < -0.39 is 5.97 Å². The quantitative estimate of drug-likeness (QED) is 0.611. The molecule has 0 aromatic heterocycles. The molecule has 0 amide bonds. The van der Waals surface area contributed by atoms with Crippen molar-refractivity contribution in [2.75, 3.05) is 13.7 Å². The van der Waals surface area contributed by atoms with Gasteiger partial charge < -0.3 is 9.47 Å². The van der Waals surface area contributed by atoms with Crippen molar-refractivity contribution in [1.82, 2.24) is 0 Å². The largest absolute Gasteiger partial charge is 0.496 e. The van der Waals surface area contributed by atoms with Crippen molar-refractivity contribution in [3.8, 4) is 11.8 Å². The number of halogens is 1. The predicted molar refractivity (Wildman–Crippen MR) is 63.2 cm³/mol. The van der Waals surface area contributed by atoms with Gasteiger partial charge in [-0.2, -0.15) is 5.26 Å². The van der Waals surface area contributed by atoms with Crippen LogP contribution in [0.4, 0.5) is 0 Å². The average molecular weight is 254 g/mol. The molecule has 0 aliphatic heterocycles. The van der Waals surface area contributed by atoms with Crippen LogP contribution in [0.15, 0.2) is 12.1 Å². The molecule has 0 saturated heterocycles. The number of ether oxygens (including phenoxy) is 2. The van der Waals surface area contributed by atoms with E-state index in [4.69, 9.17) is 26.3 Å². The van der Waals surface area contributed by atoms with Gasteiger partial charge >= 0.3 is 5.97 Å². The van der Waals surface area contributed by atoms with Crippen LogP contribution in [0.25, 0.3) is 0 Å². The summed E-state index contributed by atoms with van der Waals surface area (Å²) in [5.41, 5.74) is 1.17. The van der Waals surface area contributed by atoms with E-state index >= 15 is 0 Å². The van der Waals surface area contributed by atoms with Gasteiger partial charge in [-0.3, -0.25) is 0 Å². The fraction of sp³-hybridized carbons (Fsp3) is 0.333. The summed E-state index contributed by atoms with van der Waals surface area (Å²) in [5, 5.41) is 8.87. The lowest BCUT2D eigenvalue weighted by Crippen LogP contribution is -2.08. The number of benzene rings is 1. The fourth-order valence-electron chi connectivity index (χ4n) is 1.45. The molecule has 0 saturated carbocycles. The summed E-state index contributed by atoms with van der Waals surface area (Å²) in [7, 11) is 1.44. The van der Waals surface area contributed by atoms with Crippen molar-refractivity contribution in [2.24, 2.45) is 0 Å². The summed E-state index contributed by atoms with van der Waals surface area (Å²) in [4.78, 5) is 11.7. The molecule has 0 heterocycles. The van der Waals surface area contributed by atoms with Crippen LogP contribution in [0.5, 0.6) is 5.75 Å². The number of hydrogen-bond acceptors (Lipinski definition) is 4. The third kappa shape index (κ3) is 2.89. The highest BCUT2D eigenvalue weighted by Crippen LogP contribution is 2.27. The Morgan fingerprint density at radius 3 is 2.71 bits per heavy atom. The zero-order valence-electron chi connectivity index (χ0n) is 9.62. The van der Waals surface area contributed by atoms with Gasteiger partial charge in [0.15, 0.2) is 0 Å². The SMILES string of the molecule is CCOC(=O)c1cc(C#N)cc(CCl)c1OC. The first-order valence-electron chi connectivity index (χ1n) is 5.02. The van der Waals surface area contributed by atoms with Gasteiger partial charge in [0.05, 0.1) is 31.2 Å². The Balaban J connectivity index is 3.35. The normalized spacial score (nSPS) is 9.53. The van der Waals surface area contributed by atoms with Gasteiger partial charge in [-0.25, -0.2) is 4.79 Å². The molecule has 0 N–H and O–H groups in total. The molecule has 17 heavy (non-hydrogen) atoms. The van der Waals surface area contributed by atoms with E-state index in [-0.39, 0.29) is 18.1 Å². The average Bonchev–Trinajstić information content (AvgIpc) is 2.37. The second kappa shape index (κ2) is 6.12. The zero-order valence-corrected chi connectivity index (χ0v) is 10.4. The maximum atomic E-state index is 11.7. The van der Waals surface area contributed by atoms with Crippen molar-refractivity contribution in [3.63, 3.8) is 0 Å². The van der Waals surface area contributed by atoms with Gasteiger partial charge in [-0.15, -0.1) is 11.6 Å². The van der Waals surface area contributed by atoms with Gasteiger partial charge in [-0.1, -0.05) is 0 Å². The summed E-state index contributed by atoms with van der Waals surface area (Å²) in [5.74, 6) is -0.00395. The minimum absolute atomic E-state index is 0.158. The molecule has 0 radical (unpaired) electrons. The standard InChI is InChI=1S/C12H12ClNO3/c1-3-17-12(15)10-5-8(7-14)4-9(6-13)11(10)16-2/h4-5H,3,6H2,1-2H3. The number of esters is 1. The lowest BCUT2D eigenvalue weighted by atomic mass is 10.1. The van der Waals surface area contributed by atoms with Crippen LogP contribution in [-0.2, 0) is 10.6 Å². The first-order valence-corrected chi connectivity index (χ1v) is 5.55. The summed E-state index contributed by atoms with van der Waals surface area (Å²) >= 11 is 5.75. The number of carbonyl (C=O) groups excluding carboxylic acids is 1. The van der Waals surface area contributed by atoms with Gasteiger partial charge in [0.25, 0.3) is 0 Å². The van der Waals surface area contributed by atoms with Crippen molar-refractivity contribution in [2.45, 2.75) is 12.8 Å². The Morgan fingerprint density at radius 2 is 2.24 bits per heavy atom. The molecule has 90 valence electrons. The van der Waals surface area contributed by atoms with E-state index in [0.29, 0.717) is 16.9 Å². The minimum Gasteiger partial charge on any atom is -0.496 e. The second-order valence-electron chi connectivity index (χ2n) is 3.18. The van der Waals surface area contributed by atoms with Crippen molar-refractivity contribution < 1.29 is 14.3 Å². The highest BCUT2D eigenvalue weighted by atomic mass is 35.5. The monoisotopic (exact) mass is 253 g/mol. The molecule has 0 bridgehead atoms. The van der Waals surface area contributed by atoms with Crippen LogP contribution in [0.1, 0.15) is 28.4 Å². The van der Waals surface area contributed by atoms with E-state index in [1.54, 1.807) is 13.0 Å². The Kier molecular flexibility index (Phi) is 4.80. The molecular weight excluding hydrogens is 242 g/mol. The Hall–Kier alpha value is -1.73. The van der Waals surface area contributed by atoms with Crippen molar-refractivity contribution >= 4 is 17.6 Å². The number of nitriles is 1. The topological polar surface area (TPSA) is 59.3 Å². The number of alkyl halides is 1. The van der Waals surface area contributed by atoms with Gasteiger partial charge in [0, 0.05) is 5.56 Å². The van der Waals surface area contributed by atoms with Crippen LogP contribution < -0.4 is 4.74 Å². The molecule has 0 atom stereocenters. The first kappa shape index (κ1) is 13.3. The van der Waals surface area contributed by atoms with Crippen LogP contribution in [0, 0.1) is 11.3 Å². The van der Waals surface area contributed by atoms with Gasteiger partial charge in [-0.05, 0) is 19.1 Å². The summed E-state index contributed by atoms with van der Waals surface area (Å²) in [6, 6.07) is 5.00. The molecule has 1 aromatic carbocycles. The fourth-order valence-corrected chi connectivity index (χ4v) is 1.65. The van der Waals surface area contributed by atoms with E-state index in [1.165, 1.54) is 13.2 Å². The molecule has 5 heteroatoms. The predicted octanol–water partition coefficient (Wildman–Crippen LogP) is 2.48. The molecule has 0 fully saturated rings. The summed E-state index contributed by atoms with van der Waals surface area (Å²) < 4.78 is 10.0. The lowest BCUT2D eigenvalue weighted by Gasteiger charge is -2.11. The molecule has 4 nitrogen and oxygen atoms in total. The Labute approximate surface area is 105 Å². The van der Waals surface area contributed by atoms with E-state index in [2.05, 4.69) is 0 Å². The van der Waals surface area contributed by atoms with E-state index in [1.807, 2.05) is 6.07 Å². The van der Waals surface area contributed by atoms with Gasteiger partial charge in [0.1, 0.15) is 11.3 Å². The number of carbonyl (C=O) groups is 1. The third-order valence-electron chi connectivity index (χ3n) is 2.14. The molecule has 0 aliphatic rings. The van der Waals surface area contributed by atoms with Crippen molar-refractivity contribution in [3.05, 3.63) is 28.8 Å². The maximum absolute atomic E-state index is 11.7. The van der Waals surface area contributed by atoms with Crippen LogP contribution in [0.3, 0.4) is 0 Å². The number of rotatable bonds is 4. The molecule has 0 aliphatic carbocycles. The maximum Gasteiger partial charge on any atom is 0.341 e. The molecule has 1 rings (SSSR count). The highest BCUT2D eigenvalue weighted by Gasteiger charge is 2.18. The van der Waals surface area contributed by atoms with Crippen LogP contribution in [-0.4, -0.2) is 19.7 Å². The molecule has 1 aromatic rings.